The van der Waals surface area contributed by atoms with Crippen LogP contribution in [-0.2, 0) is 11.2 Å². The average molecular weight is 404 g/mol. The van der Waals surface area contributed by atoms with E-state index in [0.29, 0.717) is 28.8 Å². The number of urea groups is 1. The predicted molar refractivity (Wildman–Crippen MR) is 109 cm³/mol. The fourth-order valence-electron chi connectivity index (χ4n) is 3.18. The van der Waals surface area contributed by atoms with Crippen LogP contribution in [0.3, 0.4) is 0 Å². The molecule has 0 spiro atoms. The fourth-order valence-corrected chi connectivity index (χ4v) is 3.42. The van der Waals surface area contributed by atoms with Gasteiger partial charge in [-0.15, -0.1) is 0 Å². The largest absolute Gasteiger partial charge is 0.495 e. The second kappa shape index (κ2) is 8.39. The lowest BCUT2D eigenvalue weighted by atomic mass is 10.2. The molecule has 28 heavy (non-hydrogen) atoms. The normalized spacial score (nSPS) is 13.5. The minimum absolute atomic E-state index is 0.167. The van der Waals surface area contributed by atoms with Crippen molar-refractivity contribution in [1.82, 2.24) is 5.32 Å². The molecule has 2 N–H and O–H groups in total. The van der Waals surface area contributed by atoms with Gasteiger partial charge in [0.1, 0.15) is 17.5 Å². The summed E-state index contributed by atoms with van der Waals surface area (Å²) in [6.07, 6.45) is 0.808. The van der Waals surface area contributed by atoms with E-state index in [0.717, 1.165) is 17.7 Å². The van der Waals surface area contributed by atoms with Crippen LogP contribution in [0, 0.1) is 0 Å². The van der Waals surface area contributed by atoms with Gasteiger partial charge in [0.2, 0.25) is 5.91 Å². The number of anilines is 2. The van der Waals surface area contributed by atoms with Crippen LogP contribution in [0.15, 0.2) is 36.4 Å². The Morgan fingerprint density at radius 1 is 1.14 bits per heavy atom. The van der Waals surface area contributed by atoms with Gasteiger partial charge in [-0.3, -0.25) is 4.79 Å². The molecule has 2 aromatic carbocycles. The van der Waals surface area contributed by atoms with Crippen LogP contribution < -0.4 is 25.0 Å². The summed E-state index contributed by atoms with van der Waals surface area (Å²) in [7, 11) is 2.97. The molecule has 3 amide bonds. The number of amides is 3. The van der Waals surface area contributed by atoms with E-state index in [1.807, 2.05) is 24.3 Å². The SMILES string of the molecule is COc1cc(OC)c(NC(=O)N[C@@H](C)C(=O)N2CCc3ccccc32)cc1Cl. The molecule has 0 fully saturated rings. The number of methoxy groups -OCH3 is 2. The number of ether oxygens (including phenoxy) is 2. The minimum atomic E-state index is -0.703. The molecular formula is C20H22ClN3O4. The van der Waals surface area contributed by atoms with Crippen LogP contribution in [0.25, 0.3) is 0 Å². The maximum absolute atomic E-state index is 12.8. The first kappa shape index (κ1) is 19.8. The van der Waals surface area contributed by atoms with Gasteiger partial charge in [-0.05, 0) is 31.0 Å². The highest BCUT2D eigenvalue weighted by atomic mass is 35.5. The molecule has 1 aliphatic rings. The zero-order valence-electron chi connectivity index (χ0n) is 15.9. The topological polar surface area (TPSA) is 79.9 Å². The summed E-state index contributed by atoms with van der Waals surface area (Å²) in [5.41, 5.74) is 2.40. The van der Waals surface area contributed by atoms with Crippen molar-refractivity contribution in [2.24, 2.45) is 0 Å². The lowest BCUT2D eigenvalue weighted by Gasteiger charge is -2.22. The van der Waals surface area contributed by atoms with Gasteiger partial charge in [-0.1, -0.05) is 29.8 Å². The number of carbonyl (C=O) groups excluding carboxylic acids is 2. The van der Waals surface area contributed by atoms with Crippen LogP contribution in [-0.4, -0.2) is 38.7 Å². The molecule has 148 valence electrons. The quantitative estimate of drug-likeness (QED) is 0.801. The molecule has 0 radical (unpaired) electrons. The Hall–Kier alpha value is -2.93. The van der Waals surface area contributed by atoms with Gasteiger partial charge in [0.05, 0.1) is 24.9 Å². The van der Waals surface area contributed by atoms with E-state index in [1.165, 1.54) is 20.3 Å². The third-order valence-electron chi connectivity index (χ3n) is 4.59. The highest BCUT2D eigenvalue weighted by Gasteiger charge is 2.28. The number of nitrogens with zero attached hydrogens (tertiary/aromatic N) is 1. The van der Waals surface area contributed by atoms with Crippen LogP contribution >= 0.6 is 11.6 Å². The van der Waals surface area contributed by atoms with Gasteiger partial charge < -0.3 is 25.0 Å². The maximum Gasteiger partial charge on any atom is 0.319 e. The summed E-state index contributed by atoms with van der Waals surface area (Å²) >= 11 is 6.12. The maximum atomic E-state index is 12.8. The van der Waals surface area contributed by atoms with Crippen LogP contribution in [0.4, 0.5) is 16.2 Å². The summed E-state index contributed by atoms with van der Waals surface area (Å²) in [6, 6.07) is 9.64. The molecule has 1 atom stereocenters. The number of nitrogens with one attached hydrogen (secondary N) is 2. The zero-order valence-corrected chi connectivity index (χ0v) is 16.7. The van der Waals surface area contributed by atoms with E-state index >= 15 is 0 Å². The average Bonchev–Trinajstić information content (AvgIpc) is 3.11. The highest BCUT2D eigenvalue weighted by Crippen LogP contribution is 2.35. The lowest BCUT2D eigenvalue weighted by Crippen LogP contribution is -2.47. The van der Waals surface area contributed by atoms with E-state index in [2.05, 4.69) is 10.6 Å². The molecule has 0 saturated heterocycles. The molecule has 0 aromatic heterocycles. The molecule has 0 aliphatic carbocycles. The van der Waals surface area contributed by atoms with Crippen LogP contribution in [0.2, 0.25) is 5.02 Å². The molecule has 0 saturated carbocycles. The summed E-state index contributed by atoms with van der Waals surface area (Å²) in [6.45, 7) is 2.26. The van der Waals surface area contributed by atoms with Gasteiger partial charge in [0.15, 0.2) is 0 Å². The molecule has 1 heterocycles. The Kier molecular flexibility index (Phi) is 5.94. The first-order valence-corrected chi connectivity index (χ1v) is 9.20. The Morgan fingerprint density at radius 2 is 1.86 bits per heavy atom. The summed E-state index contributed by atoms with van der Waals surface area (Å²) in [5.74, 6) is 0.657. The van der Waals surface area contributed by atoms with E-state index in [1.54, 1.807) is 17.9 Å². The first-order chi connectivity index (χ1) is 13.4. The first-order valence-electron chi connectivity index (χ1n) is 8.83. The van der Waals surface area contributed by atoms with Gasteiger partial charge >= 0.3 is 6.03 Å². The Balaban J connectivity index is 1.67. The second-order valence-electron chi connectivity index (χ2n) is 6.38. The highest BCUT2D eigenvalue weighted by molar-refractivity contribution is 6.32. The summed E-state index contributed by atoms with van der Waals surface area (Å²) in [5, 5.41) is 5.66. The number of rotatable bonds is 5. The molecule has 7 nitrogen and oxygen atoms in total. The number of para-hydroxylation sites is 1. The van der Waals surface area contributed by atoms with Crippen molar-refractivity contribution < 1.29 is 19.1 Å². The van der Waals surface area contributed by atoms with E-state index in [-0.39, 0.29) is 5.91 Å². The van der Waals surface area contributed by atoms with Crippen molar-refractivity contribution in [2.45, 2.75) is 19.4 Å². The number of benzene rings is 2. The zero-order chi connectivity index (χ0) is 20.3. The van der Waals surface area contributed by atoms with Gasteiger partial charge in [0.25, 0.3) is 0 Å². The number of halogens is 1. The van der Waals surface area contributed by atoms with Crippen molar-refractivity contribution in [3.05, 3.63) is 47.0 Å². The van der Waals surface area contributed by atoms with Crippen LogP contribution in [0.1, 0.15) is 12.5 Å². The predicted octanol–water partition coefficient (Wildman–Crippen LogP) is 3.46. The fraction of sp³-hybridized carbons (Fsp3) is 0.300. The Bertz CT molecular complexity index is 903. The smallest absolute Gasteiger partial charge is 0.319 e. The molecule has 0 unspecified atom stereocenters. The molecule has 0 bridgehead atoms. The van der Waals surface area contributed by atoms with Gasteiger partial charge in [0, 0.05) is 18.3 Å². The molecular weight excluding hydrogens is 382 g/mol. The van der Waals surface area contributed by atoms with Crippen molar-refractivity contribution in [3.63, 3.8) is 0 Å². The monoisotopic (exact) mass is 403 g/mol. The Morgan fingerprint density at radius 3 is 2.57 bits per heavy atom. The minimum Gasteiger partial charge on any atom is -0.495 e. The summed E-state index contributed by atoms with van der Waals surface area (Å²) < 4.78 is 10.4. The second-order valence-corrected chi connectivity index (χ2v) is 6.78. The number of carbonyl (C=O) groups is 2. The molecule has 3 rings (SSSR count). The van der Waals surface area contributed by atoms with E-state index in [9.17, 15) is 9.59 Å². The number of hydrogen-bond acceptors (Lipinski definition) is 4. The lowest BCUT2D eigenvalue weighted by molar-refractivity contribution is -0.119. The van der Waals surface area contributed by atoms with Gasteiger partial charge in [-0.2, -0.15) is 0 Å². The van der Waals surface area contributed by atoms with Crippen molar-refractivity contribution in [1.29, 1.82) is 0 Å². The van der Waals surface area contributed by atoms with Crippen LogP contribution in [0.5, 0.6) is 11.5 Å². The summed E-state index contributed by atoms with van der Waals surface area (Å²) in [4.78, 5) is 26.9. The van der Waals surface area contributed by atoms with Crippen molar-refractivity contribution >= 4 is 34.9 Å². The Labute approximate surface area is 168 Å². The number of fused-ring (bicyclic) bond motifs is 1. The number of hydrogen-bond donors (Lipinski definition) is 2. The van der Waals surface area contributed by atoms with E-state index < -0.39 is 12.1 Å². The third-order valence-corrected chi connectivity index (χ3v) is 4.89. The van der Waals surface area contributed by atoms with E-state index in [4.69, 9.17) is 21.1 Å². The van der Waals surface area contributed by atoms with Crippen molar-refractivity contribution in [3.8, 4) is 11.5 Å². The standard InChI is InChI=1S/C20H22ClN3O4/c1-12(19(25)24-9-8-13-6-4-5-7-16(13)24)22-20(26)23-15-10-14(21)17(27-2)11-18(15)28-3/h4-7,10-12H,8-9H2,1-3H3,(H2,22,23,26)/t12-/m0/s1. The van der Waals surface area contributed by atoms with Gasteiger partial charge in [-0.25, -0.2) is 4.79 Å². The molecule has 2 aromatic rings. The molecule has 1 aliphatic heterocycles. The molecule has 8 heteroatoms. The van der Waals surface area contributed by atoms with Crippen molar-refractivity contribution in [2.75, 3.05) is 31.0 Å². The third kappa shape index (κ3) is 3.99.